The molecular weight excluding hydrogens is 360 g/mol. The van der Waals surface area contributed by atoms with Crippen molar-refractivity contribution in [1.82, 2.24) is 0 Å². The monoisotopic (exact) mass is 388 g/mol. The van der Waals surface area contributed by atoms with E-state index in [9.17, 15) is 4.79 Å². The number of benzene rings is 3. The van der Waals surface area contributed by atoms with Crippen LogP contribution in [0.25, 0.3) is 22.3 Å². The fraction of sp³-hybridized carbons (Fsp3) is 0.269. The largest absolute Gasteiger partial charge is 0.497 e. The Morgan fingerprint density at radius 3 is 2.07 bits per heavy atom. The molecule has 0 amide bonds. The van der Waals surface area contributed by atoms with E-state index in [0.29, 0.717) is 12.8 Å². The van der Waals surface area contributed by atoms with Gasteiger partial charge in [-0.25, -0.2) is 0 Å². The van der Waals surface area contributed by atoms with E-state index >= 15 is 0 Å². The molecule has 3 heteroatoms. The van der Waals surface area contributed by atoms with Gasteiger partial charge in [0, 0.05) is 6.42 Å². The van der Waals surface area contributed by atoms with Crippen molar-refractivity contribution in [3.63, 3.8) is 0 Å². The Kier molecular flexibility index (Phi) is 6.38. The zero-order chi connectivity index (χ0) is 21.0. The third-order valence-electron chi connectivity index (χ3n) is 5.30. The zero-order valence-corrected chi connectivity index (χ0v) is 17.8. The highest BCUT2D eigenvalue weighted by atomic mass is 16.5. The van der Waals surface area contributed by atoms with E-state index in [1.807, 2.05) is 18.2 Å². The molecule has 0 heterocycles. The van der Waals surface area contributed by atoms with Crippen LogP contribution in [0.5, 0.6) is 11.5 Å². The summed E-state index contributed by atoms with van der Waals surface area (Å²) in [6.45, 7) is 5.83. The maximum absolute atomic E-state index is 11.5. The molecule has 0 spiro atoms. The average Bonchev–Trinajstić information content (AvgIpc) is 2.71. The third-order valence-corrected chi connectivity index (χ3v) is 5.30. The lowest BCUT2D eigenvalue weighted by Crippen LogP contribution is -1.98. The summed E-state index contributed by atoms with van der Waals surface area (Å²) in [4.78, 5) is 11.5. The van der Waals surface area contributed by atoms with Gasteiger partial charge in [-0.2, -0.15) is 0 Å². The van der Waals surface area contributed by atoms with Gasteiger partial charge in [0.1, 0.15) is 17.3 Å². The fourth-order valence-electron chi connectivity index (χ4n) is 3.70. The second-order valence-electron chi connectivity index (χ2n) is 7.44. The van der Waals surface area contributed by atoms with Crippen molar-refractivity contribution < 1.29 is 14.3 Å². The molecule has 0 atom stereocenters. The molecule has 3 aromatic carbocycles. The van der Waals surface area contributed by atoms with Gasteiger partial charge < -0.3 is 14.3 Å². The average molecular weight is 389 g/mol. The summed E-state index contributed by atoms with van der Waals surface area (Å²) in [5.74, 6) is 1.91. The highest BCUT2D eigenvalue weighted by molar-refractivity contribution is 5.78. The van der Waals surface area contributed by atoms with Gasteiger partial charge in [-0.05, 0) is 90.4 Å². The Hall–Kier alpha value is -3.07. The predicted octanol–water partition coefficient (Wildman–Crippen LogP) is 6.18. The molecule has 3 rings (SSSR count). The molecule has 0 aliphatic heterocycles. The summed E-state index contributed by atoms with van der Waals surface area (Å²) in [5.41, 5.74) is 8.14. The first-order chi connectivity index (χ1) is 13.9. The molecule has 0 fully saturated rings. The highest BCUT2D eigenvalue weighted by Gasteiger charge is 2.11. The molecule has 0 unspecified atom stereocenters. The van der Waals surface area contributed by atoms with Crippen LogP contribution in [0, 0.1) is 13.8 Å². The van der Waals surface area contributed by atoms with Gasteiger partial charge >= 0.3 is 0 Å². The molecule has 0 radical (unpaired) electrons. The van der Waals surface area contributed by atoms with Crippen molar-refractivity contribution in [1.29, 1.82) is 0 Å². The van der Waals surface area contributed by atoms with Crippen molar-refractivity contribution in [2.24, 2.45) is 0 Å². The Labute approximate surface area is 173 Å². The van der Waals surface area contributed by atoms with E-state index < -0.39 is 0 Å². The zero-order valence-electron chi connectivity index (χ0n) is 17.8. The van der Waals surface area contributed by atoms with Gasteiger partial charge in [0.05, 0.1) is 14.2 Å². The van der Waals surface area contributed by atoms with Crippen molar-refractivity contribution >= 4 is 5.78 Å². The van der Waals surface area contributed by atoms with Crippen molar-refractivity contribution in [3.8, 4) is 33.8 Å². The van der Waals surface area contributed by atoms with Crippen LogP contribution in [0.15, 0.2) is 54.6 Å². The first kappa shape index (κ1) is 20.7. The number of methoxy groups -OCH3 is 2. The molecular formula is C26H28O3. The minimum absolute atomic E-state index is 0.195. The van der Waals surface area contributed by atoms with E-state index in [-0.39, 0.29) is 5.78 Å². The van der Waals surface area contributed by atoms with Gasteiger partial charge in [0.25, 0.3) is 0 Å². The molecule has 0 saturated heterocycles. The standard InChI is InChI=1S/C26H28O3/c1-17-14-21(8-11-24(17)20-9-13-26(29-5)18(2)15-20)25-12-10-23(28-4)16-22(25)7-6-19(3)27/h8-16H,6-7H2,1-5H3. The van der Waals surface area contributed by atoms with Crippen LogP contribution in [0.4, 0.5) is 0 Å². The van der Waals surface area contributed by atoms with Crippen LogP contribution in [-0.4, -0.2) is 20.0 Å². The lowest BCUT2D eigenvalue weighted by molar-refractivity contribution is -0.116. The lowest BCUT2D eigenvalue weighted by atomic mass is 9.91. The maximum Gasteiger partial charge on any atom is 0.130 e. The Bertz CT molecular complexity index is 1030. The van der Waals surface area contributed by atoms with E-state index in [0.717, 1.165) is 33.8 Å². The Morgan fingerprint density at radius 1 is 0.793 bits per heavy atom. The minimum atomic E-state index is 0.195. The van der Waals surface area contributed by atoms with Crippen molar-refractivity contribution in [3.05, 3.63) is 71.3 Å². The number of carbonyl (C=O) groups excluding carboxylic acids is 1. The summed E-state index contributed by atoms with van der Waals surface area (Å²) in [7, 11) is 3.36. The number of hydrogen-bond acceptors (Lipinski definition) is 3. The van der Waals surface area contributed by atoms with E-state index in [1.165, 1.54) is 16.7 Å². The normalized spacial score (nSPS) is 10.7. The summed E-state index contributed by atoms with van der Waals surface area (Å²) in [5, 5.41) is 0. The SMILES string of the molecule is COc1ccc(-c2ccc(-c3ccc(OC)c(C)c3)c(C)c2)c(CCC(C)=O)c1. The topological polar surface area (TPSA) is 35.5 Å². The quantitative estimate of drug-likeness (QED) is 0.485. The molecule has 0 aromatic heterocycles. The molecule has 29 heavy (non-hydrogen) atoms. The minimum Gasteiger partial charge on any atom is -0.497 e. The summed E-state index contributed by atoms with van der Waals surface area (Å²) >= 11 is 0. The van der Waals surface area contributed by atoms with Crippen molar-refractivity contribution in [2.45, 2.75) is 33.6 Å². The van der Waals surface area contributed by atoms with E-state index in [4.69, 9.17) is 9.47 Å². The second kappa shape index (κ2) is 8.95. The van der Waals surface area contributed by atoms with Gasteiger partial charge in [0.15, 0.2) is 0 Å². The highest BCUT2D eigenvalue weighted by Crippen LogP contribution is 2.34. The molecule has 150 valence electrons. The van der Waals surface area contributed by atoms with Crippen molar-refractivity contribution in [2.75, 3.05) is 14.2 Å². The molecule has 0 N–H and O–H groups in total. The van der Waals surface area contributed by atoms with Crippen LogP contribution >= 0.6 is 0 Å². The summed E-state index contributed by atoms with van der Waals surface area (Å²) < 4.78 is 10.8. The number of rotatable bonds is 7. The van der Waals surface area contributed by atoms with Crippen LogP contribution in [0.2, 0.25) is 0 Å². The number of ketones is 1. The van der Waals surface area contributed by atoms with E-state index in [1.54, 1.807) is 21.1 Å². The first-order valence-corrected chi connectivity index (χ1v) is 9.85. The third kappa shape index (κ3) is 4.68. The number of ether oxygens (including phenoxy) is 2. The van der Waals surface area contributed by atoms with Gasteiger partial charge in [-0.3, -0.25) is 0 Å². The molecule has 0 aliphatic rings. The number of hydrogen-bond donors (Lipinski definition) is 0. The number of aryl methyl sites for hydroxylation is 3. The molecule has 0 bridgehead atoms. The van der Waals surface area contributed by atoms with E-state index in [2.05, 4.69) is 50.2 Å². The van der Waals surface area contributed by atoms with Gasteiger partial charge in [-0.15, -0.1) is 0 Å². The lowest BCUT2D eigenvalue weighted by Gasteiger charge is -2.15. The number of Topliss-reactive ketones (excluding diaryl/α,β-unsaturated/α-hetero) is 1. The van der Waals surface area contributed by atoms with Crippen LogP contribution in [-0.2, 0) is 11.2 Å². The summed E-state index contributed by atoms with van der Waals surface area (Å²) in [6, 6.07) is 18.9. The van der Waals surface area contributed by atoms with Gasteiger partial charge in [0.2, 0.25) is 0 Å². The van der Waals surface area contributed by atoms with Gasteiger partial charge in [-0.1, -0.05) is 30.3 Å². The maximum atomic E-state index is 11.5. The summed E-state index contributed by atoms with van der Waals surface area (Å²) in [6.07, 6.45) is 1.24. The molecule has 3 aromatic rings. The smallest absolute Gasteiger partial charge is 0.130 e. The fourth-order valence-corrected chi connectivity index (χ4v) is 3.70. The molecule has 0 aliphatic carbocycles. The Balaban J connectivity index is 2.00. The number of carbonyl (C=O) groups is 1. The van der Waals surface area contributed by atoms with Crippen LogP contribution in [0.1, 0.15) is 30.0 Å². The second-order valence-corrected chi connectivity index (χ2v) is 7.44. The van der Waals surface area contributed by atoms with Crippen LogP contribution in [0.3, 0.4) is 0 Å². The van der Waals surface area contributed by atoms with Crippen LogP contribution < -0.4 is 9.47 Å². The molecule has 0 saturated carbocycles. The first-order valence-electron chi connectivity index (χ1n) is 9.85. The Morgan fingerprint density at radius 2 is 1.45 bits per heavy atom. The molecule has 3 nitrogen and oxygen atoms in total. The predicted molar refractivity (Wildman–Crippen MR) is 119 cm³/mol.